The van der Waals surface area contributed by atoms with Crippen molar-refractivity contribution in [3.63, 3.8) is 0 Å². The first-order valence-electron chi connectivity index (χ1n) is 9.74. The van der Waals surface area contributed by atoms with Crippen molar-refractivity contribution in [2.24, 2.45) is 5.10 Å². The van der Waals surface area contributed by atoms with E-state index >= 15 is 0 Å². The fraction of sp³-hybridized carbons (Fsp3) is 0.125. The molecule has 0 radical (unpaired) electrons. The number of hydrazone groups is 1. The van der Waals surface area contributed by atoms with E-state index < -0.39 is 5.91 Å². The van der Waals surface area contributed by atoms with Gasteiger partial charge in [0.25, 0.3) is 11.8 Å². The van der Waals surface area contributed by atoms with E-state index in [9.17, 15) is 14.7 Å². The molecule has 0 atom stereocenters. The van der Waals surface area contributed by atoms with Crippen molar-refractivity contribution in [2.75, 3.05) is 11.9 Å². The summed E-state index contributed by atoms with van der Waals surface area (Å²) in [5.41, 5.74) is 6.19. The summed E-state index contributed by atoms with van der Waals surface area (Å²) < 4.78 is 6.18. The zero-order chi connectivity index (χ0) is 23.1. The Morgan fingerprint density at radius 1 is 1.03 bits per heavy atom. The first kappa shape index (κ1) is 23.0. The predicted molar refractivity (Wildman–Crippen MR) is 127 cm³/mol. The molecule has 0 aromatic heterocycles. The summed E-state index contributed by atoms with van der Waals surface area (Å²) in [5.74, 6) is -0.392. The second-order valence-electron chi connectivity index (χ2n) is 7.07. The maximum Gasteiger partial charge on any atom is 0.275 e. The Morgan fingerprint density at radius 3 is 2.50 bits per heavy atom. The third-order valence-electron chi connectivity index (χ3n) is 4.62. The van der Waals surface area contributed by atoms with Gasteiger partial charge in [-0.05, 0) is 85.1 Å². The van der Waals surface area contributed by atoms with Gasteiger partial charge in [0.05, 0.1) is 11.8 Å². The number of benzene rings is 3. The highest BCUT2D eigenvalue weighted by molar-refractivity contribution is 9.10. The van der Waals surface area contributed by atoms with Crippen LogP contribution < -0.4 is 15.5 Å². The summed E-state index contributed by atoms with van der Waals surface area (Å²) in [6.07, 6.45) is 1.46. The average Bonchev–Trinajstić information content (AvgIpc) is 2.77. The number of ether oxygens (including phenoxy) is 1. The number of rotatable bonds is 7. The summed E-state index contributed by atoms with van der Waals surface area (Å²) in [4.78, 5) is 24.2. The number of halogens is 1. The van der Waals surface area contributed by atoms with E-state index in [1.165, 1.54) is 18.3 Å². The van der Waals surface area contributed by atoms with Gasteiger partial charge in [0.1, 0.15) is 11.5 Å². The van der Waals surface area contributed by atoms with E-state index in [2.05, 4.69) is 31.8 Å². The zero-order valence-electron chi connectivity index (χ0n) is 17.6. The number of nitrogens with zero attached hydrogens (tertiary/aromatic N) is 1. The van der Waals surface area contributed by atoms with Crippen LogP contribution in [0, 0.1) is 13.8 Å². The smallest absolute Gasteiger partial charge is 0.275 e. The molecule has 0 fully saturated rings. The summed E-state index contributed by atoms with van der Waals surface area (Å²) in [5, 5.41) is 16.5. The molecule has 0 bridgehead atoms. The number of aromatic hydroxyl groups is 1. The molecule has 3 N–H and O–H groups in total. The number of amides is 2. The van der Waals surface area contributed by atoms with Gasteiger partial charge in [0.2, 0.25) is 0 Å². The van der Waals surface area contributed by atoms with E-state index in [1.54, 1.807) is 30.3 Å². The number of carbonyl (C=O) groups is 2. The Labute approximate surface area is 194 Å². The van der Waals surface area contributed by atoms with Crippen LogP contribution in [0.2, 0.25) is 0 Å². The van der Waals surface area contributed by atoms with E-state index in [1.807, 2.05) is 32.0 Å². The van der Waals surface area contributed by atoms with Crippen LogP contribution in [-0.2, 0) is 4.79 Å². The number of anilines is 1. The topological polar surface area (TPSA) is 100 Å². The lowest BCUT2D eigenvalue weighted by Crippen LogP contribution is -2.20. The van der Waals surface area contributed by atoms with Crippen molar-refractivity contribution in [2.45, 2.75) is 13.8 Å². The SMILES string of the molecule is Cc1ccc(NC(=O)COc2ccc(/C=N/NC(=O)c3cc(Br)ccc3O)cc2)cc1C. The Balaban J connectivity index is 1.49. The van der Waals surface area contributed by atoms with Crippen molar-refractivity contribution in [3.05, 3.63) is 87.4 Å². The second kappa shape index (κ2) is 10.6. The van der Waals surface area contributed by atoms with E-state index in [4.69, 9.17) is 4.74 Å². The van der Waals surface area contributed by atoms with Gasteiger partial charge in [-0.3, -0.25) is 9.59 Å². The zero-order valence-corrected chi connectivity index (χ0v) is 19.1. The van der Waals surface area contributed by atoms with Gasteiger partial charge in [0.15, 0.2) is 6.61 Å². The lowest BCUT2D eigenvalue weighted by molar-refractivity contribution is -0.118. The quantitative estimate of drug-likeness (QED) is 0.330. The van der Waals surface area contributed by atoms with Gasteiger partial charge in [-0.1, -0.05) is 22.0 Å². The third kappa shape index (κ3) is 6.42. The highest BCUT2D eigenvalue weighted by Gasteiger charge is 2.10. The fourth-order valence-electron chi connectivity index (χ4n) is 2.73. The molecular formula is C24H22BrN3O4. The fourth-order valence-corrected chi connectivity index (χ4v) is 3.09. The molecule has 0 saturated heterocycles. The molecule has 3 aromatic rings. The largest absolute Gasteiger partial charge is 0.507 e. The maximum atomic E-state index is 12.1. The molecule has 3 aromatic carbocycles. The summed E-state index contributed by atoms with van der Waals surface area (Å²) >= 11 is 3.25. The van der Waals surface area contributed by atoms with Crippen molar-refractivity contribution in [3.8, 4) is 11.5 Å². The molecular weight excluding hydrogens is 474 g/mol. The molecule has 0 aliphatic rings. The number of carbonyl (C=O) groups excluding carboxylic acids is 2. The molecule has 8 heteroatoms. The van der Waals surface area contributed by atoms with Crippen LogP contribution in [0.25, 0.3) is 0 Å². The predicted octanol–water partition coefficient (Wildman–Crippen LogP) is 4.55. The van der Waals surface area contributed by atoms with Gasteiger partial charge in [-0.25, -0.2) is 5.43 Å². The Kier molecular flexibility index (Phi) is 7.62. The monoisotopic (exact) mass is 495 g/mol. The maximum absolute atomic E-state index is 12.1. The Morgan fingerprint density at radius 2 is 1.78 bits per heavy atom. The molecule has 7 nitrogen and oxygen atoms in total. The van der Waals surface area contributed by atoms with Crippen LogP contribution in [0.15, 0.2) is 70.2 Å². The molecule has 0 spiro atoms. The number of aryl methyl sites for hydroxylation is 2. The standard InChI is InChI=1S/C24H22BrN3O4/c1-15-3-7-19(11-16(15)2)27-23(30)14-32-20-8-4-17(5-9-20)13-26-28-24(31)21-12-18(25)6-10-22(21)29/h3-13,29H,14H2,1-2H3,(H,27,30)(H,28,31)/b26-13+. The average molecular weight is 496 g/mol. The minimum absolute atomic E-state index is 0.111. The van der Waals surface area contributed by atoms with E-state index in [0.29, 0.717) is 10.2 Å². The Bertz CT molecular complexity index is 1160. The second-order valence-corrected chi connectivity index (χ2v) is 7.98. The minimum atomic E-state index is -0.533. The van der Waals surface area contributed by atoms with Gasteiger partial charge >= 0.3 is 0 Å². The van der Waals surface area contributed by atoms with Crippen LogP contribution in [-0.4, -0.2) is 29.7 Å². The Hall–Kier alpha value is -3.65. The van der Waals surface area contributed by atoms with Crippen LogP contribution in [0.1, 0.15) is 27.0 Å². The van der Waals surface area contributed by atoms with Gasteiger partial charge < -0.3 is 15.2 Å². The third-order valence-corrected chi connectivity index (χ3v) is 5.12. The van der Waals surface area contributed by atoms with Gasteiger partial charge in [-0.2, -0.15) is 5.10 Å². The lowest BCUT2D eigenvalue weighted by atomic mass is 10.1. The molecule has 3 rings (SSSR count). The minimum Gasteiger partial charge on any atom is -0.507 e. The number of hydrogen-bond acceptors (Lipinski definition) is 5. The lowest BCUT2D eigenvalue weighted by Gasteiger charge is -2.09. The van der Waals surface area contributed by atoms with Crippen molar-refractivity contribution in [1.29, 1.82) is 0 Å². The van der Waals surface area contributed by atoms with Crippen molar-refractivity contribution >= 4 is 39.6 Å². The first-order valence-corrected chi connectivity index (χ1v) is 10.5. The molecule has 0 unspecified atom stereocenters. The van der Waals surface area contributed by atoms with E-state index in [-0.39, 0.29) is 23.8 Å². The number of nitrogens with one attached hydrogen (secondary N) is 2. The van der Waals surface area contributed by atoms with Crippen LogP contribution in [0.4, 0.5) is 5.69 Å². The van der Waals surface area contributed by atoms with Crippen LogP contribution in [0.5, 0.6) is 11.5 Å². The molecule has 164 valence electrons. The highest BCUT2D eigenvalue weighted by atomic mass is 79.9. The molecule has 0 saturated carbocycles. The molecule has 0 aliphatic carbocycles. The van der Waals surface area contributed by atoms with Crippen LogP contribution >= 0.6 is 15.9 Å². The molecule has 0 aliphatic heterocycles. The highest BCUT2D eigenvalue weighted by Crippen LogP contribution is 2.21. The number of hydrogen-bond donors (Lipinski definition) is 3. The number of phenols is 1. The molecule has 32 heavy (non-hydrogen) atoms. The molecule has 0 heterocycles. The van der Waals surface area contributed by atoms with Gasteiger partial charge in [-0.15, -0.1) is 0 Å². The van der Waals surface area contributed by atoms with Crippen molar-refractivity contribution < 1.29 is 19.4 Å². The summed E-state index contributed by atoms with van der Waals surface area (Å²) in [6, 6.07) is 17.2. The normalized spacial score (nSPS) is 10.7. The van der Waals surface area contributed by atoms with Gasteiger partial charge in [0, 0.05) is 10.2 Å². The number of phenolic OH excluding ortho intramolecular Hbond substituents is 1. The summed E-state index contributed by atoms with van der Waals surface area (Å²) in [7, 11) is 0. The molecule has 2 amide bonds. The van der Waals surface area contributed by atoms with E-state index in [0.717, 1.165) is 22.4 Å². The first-order chi connectivity index (χ1) is 15.3. The summed E-state index contributed by atoms with van der Waals surface area (Å²) in [6.45, 7) is 3.88. The van der Waals surface area contributed by atoms with Crippen molar-refractivity contribution in [1.82, 2.24) is 5.43 Å². The van der Waals surface area contributed by atoms with Crippen LogP contribution in [0.3, 0.4) is 0 Å².